The van der Waals surface area contributed by atoms with Crippen LogP contribution in [0.4, 0.5) is 0 Å². The molecule has 0 aliphatic rings. The van der Waals surface area contributed by atoms with Gasteiger partial charge >= 0.3 is 0 Å². The van der Waals surface area contributed by atoms with Crippen LogP contribution in [0.25, 0.3) is 0 Å². The highest BCUT2D eigenvalue weighted by Crippen LogP contribution is 2.27. The summed E-state index contributed by atoms with van der Waals surface area (Å²) in [5.74, 6) is 1.82. The van der Waals surface area contributed by atoms with Crippen molar-refractivity contribution in [2.45, 2.75) is 26.3 Å². The second-order valence-electron chi connectivity index (χ2n) is 4.11. The molecule has 3 heteroatoms. The zero-order valence-corrected chi connectivity index (χ0v) is 12.2. The van der Waals surface area contributed by atoms with Crippen LogP contribution in [0.5, 0.6) is 0 Å². The molecule has 0 saturated carbocycles. The fraction of sp³-hybridized carbons (Fsp3) is 0.286. The lowest BCUT2D eigenvalue weighted by Gasteiger charge is -2.13. The lowest BCUT2D eigenvalue weighted by molar-refractivity contribution is 0.453. The second-order valence-corrected chi connectivity index (χ2v) is 5.19. The molecule has 2 aromatic rings. The smallest absolute Gasteiger partial charge is 0.125 e. The molecule has 1 aromatic heterocycles. The summed E-state index contributed by atoms with van der Waals surface area (Å²) >= 11 is 2.34. The van der Waals surface area contributed by atoms with Crippen molar-refractivity contribution < 1.29 is 4.42 Å². The van der Waals surface area contributed by atoms with Crippen molar-refractivity contribution >= 4 is 22.6 Å². The zero-order chi connectivity index (χ0) is 12.4. The van der Waals surface area contributed by atoms with Crippen LogP contribution in [-0.4, -0.2) is 0 Å². The number of hydrogen-bond donors (Lipinski definition) is 1. The highest BCUT2D eigenvalue weighted by Gasteiger charge is 2.16. The zero-order valence-electron chi connectivity index (χ0n) is 10.0. The lowest BCUT2D eigenvalue weighted by Crippen LogP contribution is -2.13. The quantitative estimate of drug-likeness (QED) is 0.863. The van der Waals surface area contributed by atoms with Gasteiger partial charge < -0.3 is 10.2 Å². The Labute approximate surface area is 115 Å². The van der Waals surface area contributed by atoms with Gasteiger partial charge in [-0.2, -0.15) is 0 Å². The van der Waals surface area contributed by atoms with Gasteiger partial charge in [0.15, 0.2) is 0 Å². The molecular weight excluding hydrogens is 325 g/mol. The van der Waals surface area contributed by atoms with Crippen molar-refractivity contribution in [3.63, 3.8) is 0 Å². The van der Waals surface area contributed by atoms with Gasteiger partial charge in [0.05, 0.1) is 6.04 Å². The van der Waals surface area contributed by atoms with E-state index >= 15 is 0 Å². The van der Waals surface area contributed by atoms with Gasteiger partial charge in [0.25, 0.3) is 0 Å². The third kappa shape index (κ3) is 2.55. The summed E-state index contributed by atoms with van der Waals surface area (Å²) in [4.78, 5) is 0. The molecule has 0 saturated heterocycles. The molecule has 0 aliphatic carbocycles. The number of benzene rings is 1. The molecule has 90 valence electrons. The predicted octanol–water partition coefficient (Wildman–Crippen LogP) is 3.80. The van der Waals surface area contributed by atoms with Gasteiger partial charge in [-0.25, -0.2) is 0 Å². The van der Waals surface area contributed by atoms with Crippen molar-refractivity contribution in [1.29, 1.82) is 0 Å². The van der Waals surface area contributed by atoms with Crippen LogP contribution < -0.4 is 5.73 Å². The van der Waals surface area contributed by atoms with Crippen molar-refractivity contribution in [3.8, 4) is 0 Å². The molecule has 1 aromatic carbocycles. The Kier molecular flexibility index (Phi) is 3.89. The molecule has 0 amide bonds. The third-order valence-electron chi connectivity index (χ3n) is 2.89. The number of nitrogens with two attached hydrogens (primary N) is 1. The summed E-state index contributed by atoms with van der Waals surface area (Å²) in [6.07, 6.45) is 0.900. The molecule has 1 unspecified atom stereocenters. The van der Waals surface area contributed by atoms with E-state index in [1.807, 2.05) is 18.2 Å². The van der Waals surface area contributed by atoms with E-state index < -0.39 is 0 Å². The van der Waals surface area contributed by atoms with Gasteiger partial charge in [0, 0.05) is 9.99 Å². The van der Waals surface area contributed by atoms with E-state index in [0.717, 1.165) is 23.5 Å². The number of halogens is 1. The van der Waals surface area contributed by atoms with Gasteiger partial charge in [0.1, 0.15) is 11.5 Å². The maximum atomic E-state index is 6.26. The Balaban J connectivity index is 2.36. The second kappa shape index (κ2) is 5.23. The summed E-state index contributed by atoms with van der Waals surface area (Å²) < 4.78 is 6.93. The average molecular weight is 341 g/mol. The van der Waals surface area contributed by atoms with Crippen LogP contribution in [-0.2, 0) is 6.42 Å². The Morgan fingerprint density at radius 2 is 2.06 bits per heavy atom. The summed E-state index contributed by atoms with van der Waals surface area (Å²) in [5, 5.41) is 0. The van der Waals surface area contributed by atoms with E-state index in [9.17, 15) is 0 Å². The van der Waals surface area contributed by atoms with E-state index in [1.165, 1.54) is 9.13 Å². The van der Waals surface area contributed by atoms with Gasteiger partial charge in [0.2, 0.25) is 0 Å². The molecule has 0 fully saturated rings. The van der Waals surface area contributed by atoms with E-state index in [-0.39, 0.29) is 6.04 Å². The molecule has 1 atom stereocenters. The standard InChI is InChI=1S/C14H16INO/c1-3-10-7-8-12(17-10)14(16)11-6-4-5-9(2)13(11)15/h4-8,14H,3,16H2,1-2H3. The van der Waals surface area contributed by atoms with E-state index in [0.29, 0.717) is 0 Å². The number of hydrogen-bond acceptors (Lipinski definition) is 2. The van der Waals surface area contributed by atoms with Crippen molar-refractivity contribution in [2.24, 2.45) is 5.73 Å². The molecule has 0 radical (unpaired) electrons. The Morgan fingerprint density at radius 3 is 2.71 bits per heavy atom. The average Bonchev–Trinajstić information content (AvgIpc) is 2.80. The maximum absolute atomic E-state index is 6.26. The van der Waals surface area contributed by atoms with Crippen LogP contribution in [0.2, 0.25) is 0 Å². The van der Waals surface area contributed by atoms with Crippen LogP contribution in [0, 0.1) is 10.5 Å². The normalized spacial score (nSPS) is 12.7. The third-order valence-corrected chi connectivity index (χ3v) is 4.37. The minimum absolute atomic E-state index is 0.179. The first-order chi connectivity index (χ1) is 8.13. The fourth-order valence-electron chi connectivity index (χ4n) is 1.82. The summed E-state index contributed by atoms with van der Waals surface area (Å²) in [6.45, 7) is 4.17. The first-order valence-corrected chi connectivity index (χ1v) is 6.80. The van der Waals surface area contributed by atoms with Crippen LogP contribution in [0.3, 0.4) is 0 Å². The topological polar surface area (TPSA) is 39.2 Å². The van der Waals surface area contributed by atoms with Gasteiger partial charge in [-0.1, -0.05) is 25.1 Å². The summed E-state index contributed by atoms with van der Waals surface area (Å²) in [7, 11) is 0. The highest BCUT2D eigenvalue weighted by molar-refractivity contribution is 14.1. The molecule has 0 bridgehead atoms. The molecule has 17 heavy (non-hydrogen) atoms. The monoisotopic (exact) mass is 341 g/mol. The summed E-state index contributed by atoms with van der Waals surface area (Å²) in [5.41, 5.74) is 8.63. The van der Waals surface area contributed by atoms with Gasteiger partial charge in [-0.3, -0.25) is 0 Å². The molecule has 1 heterocycles. The van der Waals surface area contributed by atoms with Crippen LogP contribution >= 0.6 is 22.6 Å². The minimum Gasteiger partial charge on any atom is -0.464 e. The Bertz CT molecular complexity index is 519. The first-order valence-electron chi connectivity index (χ1n) is 5.72. The van der Waals surface area contributed by atoms with Crippen LogP contribution in [0.1, 0.15) is 35.6 Å². The minimum atomic E-state index is -0.179. The van der Waals surface area contributed by atoms with E-state index in [4.69, 9.17) is 10.2 Å². The van der Waals surface area contributed by atoms with Crippen molar-refractivity contribution in [2.75, 3.05) is 0 Å². The molecule has 2 nitrogen and oxygen atoms in total. The van der Waals surface area contributed by atoms with Crippen LogP contribution in [0.15, 0.2) is 34.7 Å². The Morgan fingerprint density at radius 1 is 1.29 bits per heavy atom. The SMILES string of the molecule is CCc1ccc(C(N)c2cccc(C)c2I)o1. The lowest BCUT2D eigenvalue weighted by atomic mass is 10.0. The Hall–Kier alpha value is -0.810. The fourth-order valence-corrected chi connectivity index (χ4v) is 2.51. The molecule has 0 spiro atoms. The van der Waals surface area contributed by atoms with Crippen molar-refractivity contribution in [3.05, 3.63) is 56.5 Å². The van der Waals surface area contributed by atoms with E-state index in [2.05, 4.69) is 48.6 Å². The highest BCUT2D eigenvalue weighted by atomic mass is 127. The number of furan rings is 1. The largest absolute Gasteiger partial charge is 0.464 e. The first kappa shape index (κ1) is 12.6. The number of rotatable bonds is 3. The summed E-state index contributed by atoms with van der Waals surface area (Å²) in [6, 6.07) is 9.99. The molecule has 2 N–H and O–H groups in total. The van der Waals surface area contributed by atoms with Crippen molar-refractivity contribution in [1.82, 2.24) is 0 Å². The molecule has 0 aliphatic heterocycles. The van der Waals surface area contributed by atoms with Gasteiger partial charge in [-0.15, -0.1) is 0 Å². The molecule has 2 rings (SSSR count). The van der Waals surface area contributed by atoms with E-state index in [1.54, 1.807) is 0 Å². The maximum Gasteiger partial charge on any atom is 0.125 e. The molecular formula is C14H16INO. The predicted molar refractivity (Wildman–Crippen MR) is 78.0 cm³/mol. The van der Waals surface area contributed by atoms with Gasteiger partial charge in [-0.05, 0) is 52.8 Å². The number of aryl methyl sites for hydroxylation is 2.